The predicted octanol–water partition coefficient (Wildman–Crippen LogP) is 3.28. The molecule has 0 spiro atoms. The molecule has 0 unspecified atom stereocenters. The molecule has 0 saturated carbocycles. The number of benzene rings is 2. The Kier molecular flexibility index (Phi) is 7.37. The Balaban J connectivity index is 1.34. The minimum atomic E-state index is -0.281. The van der Waals surface area contributed by atoms with E-state index in [2.05, 4.69) is 62.0 Å². The fourth-order valence-corrected chi connectivity index (χ4v) is 4.96. The highest BCUT2D eigenvalue weighted by molar-refractivity contribution is 6.13. The fraction of sp³-hybridized carbons (Fsp3) is 0.310. The summed E-state index contributed by atoms with van der Waals surface area (Å²) in [4.78, 5) is 38.9. The van der Waals surface area contributed by atoms with Gasteiger partial charge in [0.25, 0.3) is 11.8 Å². The van der Waals surface area contributed by atoms with Crippen molar-refractivity contribution in [2.75, 3.05) is 51.3 Å². The molecule has 0 aliphatic carbocycles. The van der Waals surface area contributed by atoms with Crippen molar-refractivity contribution in [3.63, 3.8) is 0 Å². The number of rotatable bonds is 7. The van der Waals surface area contributed by atoms with Gasteiger partial charge in [-0.1, -0.05) is 42.0 Å². The maximum Gasteiger partial charge on any atom is 0.271 e. The van der Waals surface area contributed by atoms with Crippen LogP contribution in [0.3, 0.4) is 0 Å². The number of carbonyl (C=O) groups is 2. The highest BCUT2D eigenvalue weighted by Gasteiger charge is 2.29. The lowest BCUT2D eigenvalue weighted by atomic mass is 10.0. The average molecular weight is 513 g/mol. The highest BCUT2D eigenvalue weighted by Crippen LogP contribution is 2.34. The number of hydrogen-bond acceptors (Lipinski definition) is 6. The first-order valence-electron chi connectivity index (χ1n) is 12.8. The number of amides is 2. The van der Waals surface area contributed by atoms with Gasteiger partial charge in [0.05, 0.1) is 30.3 Å². The van der Waals surface area contributed by atoms with Crippen molar-refractivity contribution in [3.05, 3.63) is 77.7 Å². The molecule has 196 valence electrons. The molecule has 1 fully saturated rings. The van der Waals surface area contributed by atoms with Gasteiger partial charge in [-0.2, -0.15) is 0 Å². The molecule has 1 saturated heterocycles. The number of carbonyl (C=O) groups excluding carboxylic acids is 2. The van der Waals surface area contributed by atoms with Gasteiger partial charge in [-0.25, -0.2) is 9.97 Å². The third kappa shape index (κ3) is 4.97. The third-order valence-electron chi connectivity index (χ3n) is 6.97. The van der Waals surface area contributed by atoms with Crippen LogP contribution in [0.4, 0.5) is 5.82 Å². The zero-order valence-electron chi connectivity index (χ0n) is 22.0. The number of nitrogens with zero attached hydrogens (tertiary/aromatic N) is 5. The van der Waals surface area contributed by atoms with Crippen LogP contribution in [0.5, 0.6) is 0 Å². The second-order valence-electron chi connectivity index (χ2n) is 9.46. The number of anilines is 1. The van der Waals surface area contributed by atoms with Crippen LogP contribution in [0.15, 0.2) is 60.9 Å². The van der Waals surface area contributed by atoms with Gasteiger partial charge < -0.3 is 24.4 Å². The number of aryl methyl sites for hydroxylation is 2. The molecule has 9 heteroatoms. The Hall–Kier alpha value is -4.24. The van der Waals surface area contributed by atoms with Crippen LogP contribution in [0.1, 0.15) is 26.4 Å². The summed E-state index contributed by atoms with van der Waals surface area (Å²) in [5.74, 6) is 0.446. The summed E-state index contributed by atoms with van der Waals surface area (Å²) in [5.41, 5.74) is 5.12. The van der Waals surface area contributed by atoms with Gasteiger partial charge in [-0.3, -0.25) is 9.59 Å². The third-order valence-corrected chi connectivity index (χ3v) is 6.97. The van der Waals surface area contributed by atoms with E-state index in [1.165, 1.54) is 6.20 Å². The van der Waals surface area contributed by atoms with E-state index < -0.39 is 0 Å². The van der Waals surface area contributed by atoms with Crippen LogP contribution in [-0.2, 0) is 11.8 Å². The summed E-state index contributed by atoms with van der Waals surface area (Å²) in [7, 11) is 3.61. The minimum absolute atomic E-state index is 0.0360. The first kappa shape index (κ1) is 25.4. The molecule has 9 nitrogen and oxygen atoms in total. The van der Waals surface area contributed by atoms with Gasteiger partial charge in [0.1, 0.15) is 11.5 Å². The van der Waals surface area contributed by atoms with Crippen molar-refractivity contribution in [2.45, 2.75) is 6.92 Å². The van der Waals surface area contributed by atoms with Crippen LogP contribution in [-0.4, -0.2) is 77.7 Å². The summed E-state index contributed by atoms with van der Waals surface area (Å²) < 4.78 is 7.07. The monoisotopic (exact) mass is 512 g/mol. The van der Waals surface area contributed by atoms with Crippen LogP contribution in [0, 0.1) is 6.92 Å². The average Bonchev–Trinajstić information content (AvgIpc) is 3.24. The standard InChI is InChI=1S/C29H32N6O3/c1-20-9-10-24-22(17-20)26(27(33(24)2)21-7-5-4-6-8-21)29(37)35-14-12-34(13-15-35)25-19-31-23(18-32-25)28(36)30-11-16-38-3/h4-10,17-19H,11-16H2,1-3H3,(H,30,36). The summed E-state index contributed by atoms with van der Waals surface area (Å²) in [6, 6.07) is 16.4. The minimum Gasteiger partial charge on any atom is -0.383 e. The predicted molar refractivity (Wildman–Crippen MR) is 147 cm³/mol. The summed E-state index contributed by atoms with van der Waals surface area (Å²) in [6.07, 6.45) is 3.10. The van der Waals surface area contributed by atoms with E-state index in [-0.39, 0.29) is 17.5 Å². The summed E-state index contributed by atoms with van der Waals surface area (Å²) in [5, 5.41) is 3.72. The van der Waals surface area contributed by atoms with E-state index in [0.717, 1.165) is 33.3 Å². The van der Waals surface area contributed by atoms with Crippen LogP contribution < -0.4 is 10.2 Å². The van der Waals surface area contributed by atoms with Crippen LogP contribution in [0.2, 0.25) is 0 Å². The first-order chi connectivity index (χ1) is 18.5. The van der Waals surface area contributed by atoms with E-state index in [1.807, 2.05) is 30.1 Å². The number of nitrogens with one attached hydrogen (secondary N) is 1. The van der Waals surface area contributed by atoms with Gasteiger partial charge in [0, 0.05) is 57.8 Å². The molecular formula is C29H32N6O3. The molecule has 5 rings (SSSR count). The molecule has 0 radical (unpaired) electrons. The molecule has 1 aliphatic rings. The number of ether oxygens (including phenoxy) is 1. The second-order valence-corrected chi connectivity index (χ2v) is 9.46. The Bertz CT molecular complexity index is 1440. The van der Waals surface area contributed by atoms with E-state index in [9.17, 15) is 9.59 Å². The van der Waals surface area contributed by atoms with Crippen molar-refractivity contribution in [1.82, 2.24) is 24.8 Å². The molecule has 3 heterocycles. The molecule has 2 amide bonds. The molecule has 4 aromatic rings. The number of piperazine rings is 1. The smallest absolute Gasteiger partial charge is 0.271 e. The number of methoxy groups -OCH3 is 1. The largest absolute Gasteiger partial charge is 0.383 e. The molecule has 2 aromatic heterocycles. The SMILES string of the molecule is COCCNC(=O)c1cnc(N2CCN(C(=O)c3c(-c4ccccc4)n(C)c4ccc(C)cc34)CC2)cn1. The molecule has 0 bridgehead atoms. The summed E-state index contributed by atoms with van der Waals surface area (Å²) in [6.45, 7) is 5.29. The van der Waals surface area contributed by atoms with Gasteiger partial charge in [0.2, 0.25) is 0 Å². The van der Waals surface area contributed by atoms with Crippen molar-refractivity contribution in [2.24, 2.45) is 7.05 Å². The normalized spacial score (nSPS) is 13.7. The Morgan fingerprint density at radius 2 is 1.76 bits per heavy atom. The van der Waals surface area contributed by atoms with Crippen LogP contribution >= 0.6 is 0 Å². The number of fused-ring (bicyclic) bond motifs is 1. The lowest BCUT2D eigenvalue weighted by Gasteiger charge is -2.35. The number of hydrogen-bond donors (Lipinski definition) is 1. The Labute approximate surface area is 222 Å². The Morgan fingerprint density at radius 3 is 2.45 bits per heavy atom. The zero-order chi connectivity index (χ0) is 26.6. The van der Waals surface area contributed by atoms with Gasteiger partial charge in [0.15, 0.2) is 0 Å². The molecule has 2 aromatic carbocycles. The maximum atomic E-state index is 14.0. The molecule has 38 heavy (non-hydrogen) atoms. The quantitative estimate of drug-likeness (QED) is 0.382. The van der Waals surface area contributed by atoms with E-state index in [4.69, 9.17) is 4.74 Å². The molecule has 0 atom stereocenters. The van der Waals surface area contributed by atoms with Crippen molar-refractivity contribution >= 4 is 28.5 Å². The van der Waals surface area contributed by atoms with E-state index >= 15 is 0 Å². The first-order valence-corrected chi connectivity index (χ1v) is 12.8. The molecule has 1 N–H and O–H groups in total. The number of aromatic nitrogens is 3. The lowest BCUT2D eigenvalue weighted by molar-refractivity contribution is 0.0748. The van der Waals surface area contributed by atoms with E-state index in [0.29, 0.717) is 45.1 Å². The summed E-state index contributed by atoms with van der Waals surface area (Å²) >= 11 is 0. The van der Waals surface area contributed by atoms with E-state index in [1.54, 1.807) is 13.3 Å². The topological polar surface area (TPSA) is 92.6 Å². The second kappa shape index (κ2) is 11.0. The van der Waals surface area contributed by atoms with Crippen molar-refractivity contribution in [1.29, 1.82) is 0 Å². The fourth-order valence-electron chi connectivity index (χ4n) is 4.96. The van der Waals surface area contributed by atoms with Crippen LogP contribution in [0.25, 0.3) is 22.2 Å². The highest BCUT2D eigenvalue weighted by atomic mass is 16.5. The van der Waals surface area contributed by atoms with Crippen molar-refractivity contribution in [3.8, 4) is 11.3 Å². The zero-order valence-corrected chi connectivity index (χ0v) is 22.0. The molecule has 1 aliphatic heterocycles. The van der Waals surface area contributed by atoms with Gasteiger partial charge >= 0.3 is 0 Å². The van der Waals surface area contributed by atoms with Gasteiger partial charge in [-0.05, 0) is 24.6 Å². The lowest BCUT2D eigenvalue weighted by Crippen LogP contribution is -2.49. The van der Waals surface area contributed by atoms with Crippen molar-refractivity contribution < 1.29 is 14.3 Å². The Morgan fingerprint density at radius 1 is 1.00 bits per heavy atom. The maximum absolute atomic E-state index is 14.0. The molecular weight excluding hydrogens is 480 g/mol. The van der Waals surface area contributed by atoms with Gasteiger partial charge in [-0.15, -0.1) is 0 Å².